The standard InChI is InChI=1S/C16H16Cl2N2O2/c1-20(2)12-8-6-11(7-9-12)19-15(21)10-22-16-13(17)4-3-5-14(16)18/h3-9H,10H2,1-2H3,(H,19,21). The SMILES string of the molecule is CN(C)c1ccc(NC(=O)COc2c(Cl)cccc2Cl)cc1. The largest absolute Gasteiger partial charge is 0.481 e. The number of ether oxygens (including phenoxy) is 1. The Hall–Kier alpha value is -1.91. The number of nitrogens with one attached hydrogen (secondary N) is 1. The zero-order valence-corrected chi connectivity index (χ0v) is 13.8. The summed E-state index contributed by atoms with van der Waals surface area (Å²) in [5.74, 6) is 0.0255. The minimum atomic E-state index is -0.284. The highest BCUT2D eigenvalue weighted by molar-refractivity contribution is 6.37. The van der Waals surface area contributed by atoms with Gasteiger partial charge in [0.15, 0.2) is 12.4 Å². The van der Waals surface area contributed by atoms with E-state index in [0.29, 0.717) is 21.5 Å². The summed E-state index contributed by atoms with van der Waals surface area (Å²) in [6.45, 7) is -0.168. The summed E-state index contributed by atoms with van der Waals surface area (Å²) < 4.78 is 5.38. The van der Waals surface area contributed by atoms with Gasteiger partial charge in [0.25, 0.3) is 5.91 Å². The molecular formula is C16H16Cl2N2O2. The number of hydrogen-bond acceptors (Lipinski definition) is 3. The lowest BCUT2D eigenvalue weighted by atomic mass is 10.2. The highest BCUT2D eigenvalue weighted by atomic mass is 35.5. The van der Waals surface area contributed by atoms with Crippen LogP contribution in [0.4, 0.5) is 11.4 Å². The van der Waals surface area contributed by atoms with Crippen LogP contribution in [0, 0.1) is 0 Å². The Kier molecular flexibility index (Phi) is 5.52. The third-order valence-corrected chi connectivity index (χ3v) is 3.53. The fourth-order valence-corrected chi connectivity index (χ4v) is 2.30. The van der Waals surface area contributed by atoms with Crippen molar-refractivity contribution in [3.63, 3.8) is 0 Å². The van der Waals surface area contributed by atoms with Gasteiger partial charge in [0, 0.05) is 25.5 Å². The Balaban J connectivity index is 1.93. The lowest BCUT2D eigenvalue weighted by molar-refractivity contribution is -0.118. The van der Waals surface area contributed by atoms with Gasteiger partial charge in [0.2, 0.25) is 0 Å². The van der Waals surface area contributed by atoms with E-state index in [-0.39, 0.29) is 12.5 Å². The minimum Gasteiger partial charge on any atom is -0.481 e. The van der Waals surface area contributed by atoms with E-state index in [0.717, 1.165) is 5.69 Å². The normalized spacial score (nSPS) is 10.2. The molecule has 2 rings (SSSR count). The van der Waals surface area contributed by atoms with Crippen LogP contribution in [-0.2, 0) is 4.79 Å². The van der Waals surface area contributed by atoms with Gasteiger partial charge in [-0.2, -0.15) is 0 Å². The number of halogens is 2. The maximum Gasteiger partial charge on any atom is 0.262 e. The summed E-state index contributed by atoms with van der Waals surface area (Å²) in [6, 6.07) is 12.5. The van der Waals surface area contributed by atoms with Gasteiger partial charge < -0.3 is 15.0 Å². The number of anilines is 2. The smallest absolute Gasteiger partial charge is 0.262 e. The quantitative estimate of drug-likeness (QED) is 0.893. The van der Waals surface area contributed by atoms with E-state index >= 15 is 0 Å². The molecule has 0 aliphatic rings. The molecule has 0 spiro atoms. The molecule has 0 fully saturated rings. The van der Waals surface area contributed by atoms with Gasteiger partial charge in [0.1, 0.15) is 0 Å². The van der Waals surface area contributed by atoms with Crippen LogP contribution >= 0.6 is 23.2 Å². The van der Waals surface area contributed by atoms with E-state index in [4.69, 9.17) is 27.9 Å². The first-order valence-electron chi connectivity index (χ1n) is 6.61. The molecule has 0 aromatic heterocycles. The van der Waals surface area contributed by atoms with E-state index in [1.54, 1.807) is 18.2 Å². The summed E-state index contributed by atoms with van der Waals surface area (Å²) >= 11 is 11.9. The third kappa shape index (κ3) is 4.29. The van der Waals surface area contributed by atoms with Gasteiger partial charge in [-0.1, -0.05) is 29.3 Å². The number of rotatable bonds is 5. The second-order valence-corrected chi connectivity index (χ2v) is 5.64. The number of carbonyl (C=O) groups is 1. The first-order valence-corrected chi connectivity index (χ1v) is 7.37. The van der Waals surface area contributed by atoms with E-state index in [1.807, 2.05) is 43.3 Å². The molecule has 0 unspecified atom stereocenters. The van der Waals surface area contributed by atoms with Crippen molar-refractivity contribution in [2.45, 2.75) is 0 Å². The van der Waals surface area contributed by atoms with Crippen molar-refractivity contribution in [3.05, 3.63) is 52.5 Å². The Morgan fingerprint density at radius 2 is 1.68 bits per heavy atom. The van der Waals surface area contributed by atoms with Gasteiger partial charge in [-0.25, -0.2) is 0 Å². The number of benzene rings is 2. The van der Waals surface area contributed by atoms with Crippen molar-refractivity contribution in [2.75, 3.05) is 30.9 Å². The van der Waals surface area contributed by atoms with Crippen LogP contribution < -0.4 is 15.0 Å². The number of carbonyl (C=O) groups excluding carboxylic acids is 1. The fourth-order valence-electron chi connectivity index (χ4n) is 1.80. The zero-order valence-electron chi connectivity index (χ0n) is 12.3. The second kappa shape index (κ2) is 7.38. The molecule has 1 N–H and O–H groups in total. The topological polar surface area (TPSA) is 41.6 Å². The van der Waals surface area contributed by atoms with Crippen LogP contribution in [0.2, 0.25) is 10.0 Å². The Bertz CT molecular complexity index is 637. The fraction of sp³-hybridized carbons (Fsp3) is 0.188. The molecule has 0 saturated heterocycles. The van der Waals surface area contributed by atoms with Crippen molar-refractivity contribution in [3.8, 4) is 5.75 Å². The van der Waals surface area contributed by atoms with E-state index < -0.39 is 0 Å². The molecule has 116 valence electrons. The molecule has 22 heavy (non-hydrogen) atoms. The molecule has 0 atom stereocenters. The summed E-state index contributed by atoms with van der Waals surface area (Å²) in [6.07, 6.45) is 0. The van der Waals surface area contributed by atoms with Gasteiger partial charge in [-0.05, 0) is 36.4 Å². The monoisotopic (exact) mass is 338 g/mol. The average molecular weight is 339 g/mol. The maximum atomic E-state index is 11.9. The molecule has 6 heteroatoms. The van der Waals surface area contributed by atoms with Crippen molar-refractivity contribution in [1.82, 2.24) is 0 Å². The molecule has 0 aliphatic heterocycles. The van der Waals surface area contributed by atoms with Gasteiger partial charge in [-0.15, -0.1) is 0 Å². The molecule has 0 radical (unpaired) electrons. The van der Waals surface area contributed by atoms with E-state index in [1.165, 1.54) is 0 Å². The van der Waals surface area contributed by atoms with Crippen LogP contribution in [-0.4, -0.2) is 26.6 Å². The molecule has 0 aliphatic carbocycles. The summed E-state index contributed by atoms with van der Waals surface area (Å²) in [4.78, 5) is 13.9. The van der Waals surface area contributed by atoms with Crippen molar-refractivity contribution >= 4 is 40.5 Å². The summed E-state index contributed by atoms with van der Waals surface area (Å²) in [5.41, 5.74) is 1.75. The molecule has 2 aromatic carbocycles. The van der Waals surface area contributed by atoms with Crippen LogP contribution in [0.5, 0.6) is 5.75 Å². The molecule has 0 saturated carbocycles. The number of para-hydroxylation sites is 1. The maximum absolute atomic E-state index is 11.9. The summed E-state index contributed by atoms with van der Waals surface area (Å²) in [7, 11) is 3.91. The van der Waals surface area contributed by atoms with Crippen LogP contribution in [0.3, 0.4) is 0 Å². The number of hydrogen-bond donors (Lipinski definition) is 1. The number of amides is 1. The molecule has 1 amide bonds. The minimum absolute atomic E-state index is 0.168. The molecule has 2 aromatic rings. The summed E-state index contributed by atoms with van der Waals surface area (Å²) in [5, 5.41) is 3.49. The van der Waals surface area contributed by atoms with Crippen LogP contribution in [0.15, 0.2) is 42.5 Å². The predicted octanol–water partition coefficient (Wildman–Crippen LogP) is 4.08. The van der Waals surface area contributed by atoms with Gasteiger partial charge in [0.05, 0.1) is 10.0 Å². The number of nitrogens with zero attached hydrogens (tertiary/aromatic N) is 1. The lowest BCUT2D eigenvalue weighted by Crippen LogP contribution is -2.20. The van der Waals surface area contributed by atoms with Crippen LogP contribution in [0.1, 0.15) is 0 Å². The van der Waals surface area contributed by atoms with E-state index in [2.05, 4.69) is 5.32 Å². The third-order valence-electron chi connectivity index (χ3n) is 2.93. The van der Waals surface area contributed by atoms with Crippen molar-refractivity contribution in [1.29, 1.82) is 0 Å². The van der Waals surface area contributed by atoms with Crippen molar-refractivity contribution in [2.24, 2.45) is 0 Å². The Morgan fingerprint density at radius 3 is 2.23 bits per heavy atom. The predicted molar refractivity (Wildman–Crippen MR) is 91.4 cm³/mol. The Morgan fingerprint density at radius 1 is 1.09 bits per heavy atom. The lowest BCUT2D eigenvalue weighted by Gasteiger charge is -2.13. The molecule has 4 nitrogen and oxygen atoms in total. The molecule has 0 heterocycles. The highest BCUT2D eigenvalue weighted by Gasteiger charge is 2.09. The average Bonchev–Trinajstić information content (AvgIpc) is 2.47. The van der Waals surface area contributed by atoms with Crippen molar-refractivity contribution < 1.29 is 9.53 Å². The highest BCUT2D eigenvalue weighted by Crippen LogP contribution is 2.32. The zero-order chi connectivity index (χ0) is 16.1. The van der Waals surface area contributed by atoms with Gasteiger partial charge in [-0.3, -0.25) is 4.79 Å². The second-order valence-electron chi connectivity index (χ2n) is 4.83. The molecular weight excluding hydrogens is 323 g/mol. The molecule has 0 bridgehead atoms. The van der Waals surface area contributed by atoms with E-state index in [9.17, 15) is 4.79 Å². The first-order chi connectivity index (χ1) is 10.5. The van der Waals surface area contributed by atoms with Gasteiger partial charge >= 0.3 is 0 Å². The van der Waals surface area contributed by atoms with Crippen LogP contribution in [0.25, 0.3) is 0 Å². The Labute approximate surface area is 139 Å². The first kappa shape index (κ1) is 16.5.